The van der Waals surface area contributed by atoms with Crippen molar-refractivity contribution >= 4 is 23.6 Å². The fraction of sp³-hybridized carbons (Fsp3) is 0.500. The predicted octanol–water partition coefficient (Wildman–Crippen LogP) is 0.0393. The Hall–Kier alpha value is -2.02. The quantitative estimate of drug-likeness (QED) is 0.536. The van der Waals surface area contributed by atoms with Crippen molar-refractivity contribution in [2.24, 2.45) is 10.7 Å². The van der Waals surface area contributed by atoms with E-state index in [9.17, 15) is 14.4 Å². The molecular weight excluding hydrogens is 252 g/mol. The van der Waals surface area contributed by atoms with Crippen LogP contribution in [0.15, 0.2) is 17.1 Å². The monoisotopic (exact) mass is 268 g/mol. The second-order valence-corrected chi connectivity index (χ2v) is 4.10. The third-order valence-electron chi connectivity index (χ3n) is 2.44. The summed E-state index contributed by atoms with van der Waals surface area (Å²) in [6, 6.07) is -1.34. The Balaban J connectivity index is 2.38. The second kappa shape index (κ2) is 7.42. The largest absolute Gasteiger partial charge is 0.481 e. The lowest BCUT2D eigenvalue weighted by Crippen LogP contribution is -2.36. The van der Waals surface area contributed by atoms with Crippen LogP contribution in [0.25, 0.3) is 0 Å². The molecule has 0 fully saturated rings. The normalized spacial score (nSPS) is 18.1. The molecule has 0 aromatic heterocycles. The molecule has 0 amide bonds. The van der Waals surface area contributed by atoms with E-state index < -0.39 is 30.4 Å². The minimum Gasteiger partial charge on any atom is -0.481 e. The first kappa shape index (κ1) is 15.0. The molecule has 0 unspecified atom stereocenters. The van der Waals surface area contributed by atoms with E-state index in [1.807, 2.05) is 12.2 Å². The molecule has 1 rings (SSSR count). The van der Waals surface area contributed by atoms with E-state index in [2.05, 4.69) is 9.73 Å². The van der Waals surface area contributed by atoms with Gasteiger partial charge in [0.05, 0.1) is 6.42 Å². The Morgan fingerprint density at radius 1 is 1.47 bits per heavy atom. The van der Waals surface area contributed by atoms with Gasteiger partial charge in [-0.1, -0.05) is 6.08 Å². The second-order valence-electron chi connectivity index (χ2n) is 4.10. The van der Waals surface area contributed by atoms with Crippen LogP contribution in [0.4, 0.5) is 0 Å². The first-order valence-electron chi connectivity index (χ1n) is 5.91. The molecule has 1 aliphatic rings. The van der Waals surface area contributed by atoms with Crippen molar-refractivity contribution in [3.05, 3.63) is 12.2 Å². The van der Waals surface area contributed by atoms with E-state index in [0.717, 1.165) is 25.0 Å². The summed E-state index contributed by atoms with van der Waals surface area (Å²) in [7, 11) is 0. The van der Waals surface area contributed by atoms with Gasteiger partial charge in [-0.25, -0.2) is 9.59 Å². The lowest BCUT2D eigenvalue weighted by molar-refractivity contribution is -0.161. The standard InChI is InChI=1S/C12H16N2O5/c13-9(6-10(15)16)12(18)19-11(17)7-14-8-4-2-1-3-5-8/h2,4,9H,1,3,5-7,13H2,(H,15,16)/t9-/m0/s1. The third-order valence-corrected chi connectivity index (χ3v) is 2.44. The Morgan fingerprint density at radius 2 is 2.21 bits per heavy atom. The van der Waals surface area contributed by atoms with Crippen LogP contribution in [0.1, 0.15) is 25.7 Å². The van der Waals surface area contributed by atoms with Gasteiger partial charge in [0, 0.05) is 5.71 Å². The summed E-state index contributed by atoms with van der Waals surface area (Å²) < 4.78 is 4.41. The fourth-order valence-corrected chi connectivity index (χ4v) is 1.49. The minimum atomic E-state index is -1.34. The molecule has 0 heterocycles. The third kappa shape index (κ3) is 5.91. The summed E-state index contributed by atoms with van der Waals surface area (Å²) in [4.78, 5) is 36.9. The van der Waals surface area contributed by atoms with Crippen molar-refractivity contribution in [2.45, 2.75) is 31.7 Å². The Labute approximate surface area is 110 Å². The van der Waals surface area contributed by atoms with E-state index in [0.29, 0.717) is 0 Å². The molecule has 0 bridgehead atoms. The number of nitrogens with two attached hydrogens (primary N) is 1. The summed E-state index contributed by atoms with van der Waals surface area (Å²) in [5, 5.41) is 8.44. The van der Waals surface area contributed by atoms with Crippen LogP contribution in [-0.2, 0) is 19.1 Å². The highest BCUT2D eigenvalue weighted by molar-refractivity contribution is 5.97. The van der Waals surface area contributed by atoms with Crippen LogP contribution in [0.2, 0.25) is 0 Å². The maximum absolute atomic E-state index is 11.3. The molecule has 7 nitrogen and oxygen atoms in total. The molecule has 0 aromatic carbocycles. The molecule has 0 saturated heterocycles. The average Bonchev–Trinajstić information content (AvgIpc) is 2.36. The van der Waals surface area contributed by atoms with E-state index in [1.165, 1.54) is 0 Å². The maximum atomic E-state index is 11.3. The molecule has 3 N–H and O–H groups in total. The number of ether oxygens (including phenoxy) is 1. The van der Waals surface area contributed by atoms with Crippen LogP contribution in [0.5, 0.6) is 0 Å². The van der Waals surface area contributed by atoms with Crippen molar-refractivity contribution < 1.29 is 24.2 Å². The van der Waals surface area contributed by atoms with Crippen LogP contribution in [0.3, 0.4) is 0 Å². The van der Waals surface area contributed by atoms with Crippen molar-refractivity contribution in [3.8, 4) is 0 Å². The van der Waals surface area contributed by atoms with E-state index in [-0.39, 0.29) is 6.54 Å². The van der Waals surface area contributed by atoms with Gasteiger partial charge >= 0.3 is 17.9 Å². The van der Waals surface area contributed by atoms with Gasteiger partial charge in [0.2, 0.25) is 0 Å². The number of carboxylic acids is 1. The molecule has 19 heavy (non-hydrogen) atoms. The fourth-order valence-electron chi connectivity index (χ4n) is 1.49. The number of esters is 2. The highest BCUT2D eigenvalue weighted by atomic mass is 16.6. The smallest absolute Gasteiger partial charge is 0.335 e. The molecule has 0 aromatic rings. The molecule has 7 heteroatoms. The SMILES string of the molecule is N[C@@H](CC(=O)O)C(=O)OC(=O)CN=C1C=CCCC1. The number of rotatable bonds is 5. The number of allylic oxidation sites excluding steroid dienone is 2. The van der Waals surface area contributed by atoms with Crippen molar-refractivity contribution in [2.75, 3.05) is 6.54 Å². The number of hydrogen-bond donors (Lipinski definition) is 2. The van der Waals surface area contributed by atoms with E-state index in [1.54, 1.807) is 0 Å². The highest BCUT2D eigenvalue weighted by Crippen LogP contribution is 2.07. The summed E-state index contributed by atoms with van der Waals surface area (Å²) in [5.41, 5.74) is 6.03. The van der Waals surface area contributed by atoms with Gasteiger partial charge in [0.1, 0.15) is 12.6 Å². The lowest BCUT2D eigenvalue weighted by atomic mass is 10.1. The predicted molar refractivity (Wildman–Crippen MR) is 66.6 cm³/mol. The zero-order chi connectivity index (χ0) is 14.3. The van der Waals surface area contributed by atoms with Gasteiger partial charge in [0.15, 0.2) is 0 Å². The summed E-state index contributed by atoms with van der Waals surface area (Å²) in [5.74, 6) is -3.12. The van der Waals surface area contributed by atoms with Gasteiger partial charge in [0.25, 0.3) is 0 Å². The number of aliphatic imine (C=N–C) groups is 1. The number of carbonyl (C=O) groups is 3. The molecule has 0 aliphatic heterocycles. The number of aliphatic carboxylic acids is 1. The van der Waals surface area contributed by atoms with Gasteiger partial charge in [-0.15, -0.1) is 0 Å². The summed E-state index contributed by atoms with van der Waals surface area (Å²) in [6.07, 6.45) is 5.97. The Bertz CT molecular complexity index is 428. The van der Waals surface area contributed by atoms with Crippen LogP contribution >= 0.6 is 0 Å². The zero-order valence-electron chi connectivity index (χ0n) is 10.4. The topological polar surface area (TPSA) is 119 Å². The molecule has 104 valence electrons. The van der Waals surface area contributed by atoms with Gasteiger partial charge in [-0.3, -0.25) is 9.79 Å². The zero-order valence-corrected chi connectivity index (χ0v) is 10.4. The molecule has 0 saturated carbocycles. The molecule has 1 aliphatic carbocycles. The molecule has 0 spiro atoms. The first-order chi connectivity index (χ1) is 8.99. The first-order valence-corrected chi connectivity index (χ1v) is 5.91. The molecule has 0 radical (unpaired) electrons. The number of carboxylic acid groups (broad SMARTS) is 1. The summed E-state index contributed by atoms with van der Waals surface area (Å²) >= 11 is 0. The van der Waals surface area contributed by atoms with Crippen molar-refractivity contribution in [3.63, 3.8) is 0 Å². The summed E-state index contributed by atoms with van der Waals surface area (Å²) in [6.45, 7) is -0.273. The van der Waals surface area contributed by atoms with Crippen molar-refractivity contribution in [1.82, 2.24) is 0 Å². The number of hydrogen-bond acceptors (Lipinski definition) is 6. The van der Waals surface area contributed by atoms with Crippen LogP contribution in [-0.4, -0.2) is 41.3 Å². The number of nitrogens with zero attached hydrogens (tertiary/aromatic N) is 1. The number of carbonyl (C=O) groups excluding carboxylic acids is 2. The van der Waals surface area contributed by atoms with Gasteiger partial charge in [-0.2, -0.15) is 0 Å². The Kier molecular flexibility index (Phi) is 5.87. The molecule has 1 atom stereocenters. The maximum Gasteiger partial charge on any atom is 0.335 e. The van der Waals surface area contributed by atoms with E-state index >= 15 is 0 Å². The van der Waals surface area contributed by atoms with Gasteiger partial charge < -0.3 is 15.6 Å². The van der Waals surface area contributed by atoms with Crippen molar-refractivity contribution in [1.29, 1.82) is 0 Å². The molecular formula is C12H16N2O5. The van der Waals surface area contributed by atoms with Crippen LogP contribution < -0.4 is 5.73 Å². The average molecular weight is 268 g/mol. The van der Waals surface area contributed by atoms with Crippen LogP contribution in [0, 0.1) is 0 Å². The highest BCUT2D eigenvalue weighted by Gasteiger charge is 2.21. The lowest BCUT2D eigenvalue weighted by Gasteiger charge is -2.08. The van der Waals surface area contributed by atoms with E-state index in [4.69, 9.17) is 10.8 Å². The minimum absolute atomic E-state index is 0.273. The van der Waals surface area contributed by atoms with Gasteiger partial charge in [-0.05, 0) is 25.3 Å². The Morgan fingerprint density at radius 3 is 2.79 bits per heavy atom.